The molecule has 6 heteroatoms. The van der Waals surface area contributed by atoms with Crippen LogP contribution in [0.1, 0.15) is 22.4 Å². The lowest BCUT2D eigenvalue weighted by atomic mass is 9.80. The van der Waals surface area contributed by atoms with Gasteiger partial charge in [-0.2, -0.15) is 0 Å². The van der Waals surface area contributed by atoms with Crippen molar-refractivity contribution in [3.63, 3.8) is 0 Å². The Labute approximate surface area is 173 Å². The van der Waals surface area contributed by atoms with Crippen LogP contribution >= 0.6 is 11.3 Å². The molecular formula is C23H22N2O3S. The van der Waals surface area contributed by atoms with Crippen molar-refractivity contribution >= 4 is 34.5 Å². The van der Waals surface area contributed by atoms with E-state index in [-0.39, 0.29) is 18.2 Å². The molecule has 148 valence electrons. The van der Waals surface area contributed by atoms with E-state index >= 15 is 0 Å². The molecule has 1 aromatic heterocycles. The second kappa shape index (κ2) is 7.37. The molecule has 2 amide bonds. The molecule has 2 heterocycles. The molecule has 1 unspecified atom stereocenters. The van der Waals surface area contributed by atoms with Crippen molar-refractivity contribution in [2.24, 2.45) is 0 Å². The third-order valence-corrected chi connectivity index (χ3v) is 6.41. The van der Waals surface area contributed by atoms with Gasteiger partial charge in [0.2, 0.25) is 5.91 Å². The Balaban J connectivity index is 1.77. The van der Waals surface area contributed by atoms with Gasteiger partial charge < -0.3 is 10.1 Å². The van der Waals surface area contributed by atoms with E-state index in [1.807, 2.05) is 61.7 Å². The smallest absolute Gasteiger partial charge is 0.256 e. The van der Waals surface area contributed by atoms with Gasteiger partial charge in [0.05, 0.1) is 13.5 Å². The maximum absolute atomic E-state index is 13.6. The number of aryl methyl sites for hydroxylation is 2. The first-order chi connectivity index (χ1) is 14.0. The zero-order valence-electron chi connectivity index (χ0n) is 16.6. The number of carbonyl (C=O) groups is 2. The average molecular weight is 407 g/mol. The van der Waals surface area contributed by atoms with E-state index in [0.717, 1.165) is 21.7 Å². The highest BCUT2D eigenvalue weighted by Crippen LogP contribution is 2.47. The molecule has 1 atom stereocenters. The van der Waals surface area contributed by atoms with Crippen LogP contribution in [0.3, 0.4) is 0 Å². The average Bonchev–Trinajstić information content (AvgIpc) is 3.24. The summed E-state index contributed by atoms with van der Waals surface area (Å²) in [6.07, 6.45) is 0.135. The zero-order valence-corrected chi connectivity index (χ0v) is 17.4. The third-order valence-electron chi connectivity index (χ3n) is 5.39. The van der Waals surface area contributed by atoms with E-state index in [1.165, 1.54) is 11.3 Å². The summed E-state index contributed by atoms with van der Waals surface area (Å²) < 4.78 is 5.22. The molecule has 1 saturated heterocycles. The summed E-state index contributed by atoms with van der Waals surface area (Å²) in [7, 11) is 1.59. The number of ether oxygens (including phenoxy) is 1. The Bertz CT molecular complexity index is 1040. The lowest BCUT2D eigenvalue weighted by molar-refractivity contribution is -0.137. The summed E-state index contributed by atoms with van der Waals surface area (Å²) in [5.41, 5.74) is 2.38. The molecule has 0 bridgehead atoms. The number of carbonyl (C=O) groups excluding carboxylic acids is 2. The van der Waals surface area contributed by atoms with E-state index < -0.39 is 5.54 Å². The van der Waals surface area contributed by atoms with Gasteiger partial charge in [-0.25, -0.2) is 0 Å². The number of para-hydroxylation sites is 1. The molecule has 4 rings (SSSR count). The van der Waals surface area contributed by atoms with Crippen LogP contribution in [0.25, 0.3) is 0 Å². The van der Waals surface area contributed by atoms with Gasteiger partial charge in [-0.05, 0) is 60.7 Å². The SMILES string of the molecule is COc1ccc(N2C(=O)CC2(C(=O)Nc2c(C)cccc2C)c2cccs2)cc1. The Hall–Kier alpha value is -3.12. The summed E-state index contributed by atoms with van der Waals surface area (Å²) in [4.78, 5) is 28.8. The fourth-order valence-corrected chi connectivity index (χ4v) is 4.74. The number of thiophene rings is 1. The third kappa shape index (κ3) is 3.09. The number of anilines is 2. The number of rotatable bonds is 5. The molecule has 0 radical (unpaired) electrons. The van der Waals surface area contributed by atoms with Crippen LogP contribution in [0.2, 0.25) is 0 Å². The van der Waals surface area contributed by atoms with Crippen molar-refractivity contribution in [1.82, 2.24) is 0 Å². The highest BCUT2D eigenvalue weighted by atomic mass is 32.1. The fraction of sp³-hybridized carbons (Fsp3) is 0.217. The van der Waals surface area contributed by atoms with Gasteiger partial charge in [-0.15, -0.1) is 11.3 Å². The molecule has 1 fully saturated rings. The predicted octanol–water partition coefficient (Wildman–Crippen LogP) is 4.64. The lowest BCUT2D eigenvalue weighted by Crippen LogP contribution is -2.67. The maximum atomic E-state index is 13.6. The van der Waals surface area contributed by atoms with E-state index in [2.05, 4.69) is 5.32 Å². The Morgan fingerprint density at radius 1 is 1.07 bits per heavy atom. The van der Waals surface area contributed by atoms with Gasteiger partial charge in [0.25, 0.3) is 5.91 Å². The maximum Gasteiger partial charge on any atom is 0.256 e. The van der Waals surface area contributed by atoms with E-state index in [4.69, 9.17) is 4.74 Å². The van der Waals surface area contributed by atoms with Gasteiger partial charge >= 0.3 is 0 Å². The Morgan fingerprint density at radius 2 is 1.76 bits per heavy atom. The Kier molecular flexibility index (Phi) is 4.88. The summed E-state index contributed by atoms with van der Waals surface area (Å²) in [6, 6.07) is 16.9. The van der Waals surface area contributed by atoms with Crippen LogP contribution in [0.5, 0.6) is 5.75 Å². The highest BCUT2D eigenvalue weighted by molar-refractivity contribution is 7.10. The van der Waals surface area contributed by atoms with Crippen molar-refractivity contribution in [2.75, 3.05) is 17.3 Å². The van der Waals surface area contributed by atoms with Gasteiger partial charge in [0, 0.05) is 16.3 Å². The van der Waals surface area contributed by atoms with Crippen LogP contribution in [0.4, 0.5) is 11.4 Å². The van der Waals surface area contributed by atoms with E-state index in [0.29, 0.717) is 11.4 Å². The molecule has 1 aliphatic heterocycles. The van der Waals surface area contributed by atoms with Crippen LogP contribution in [0.15, 0.2) is 60.0 Å². The minimum Gasteiger partial charge on any atom is -0.497 e. The molecule has 1 aliphatic rings. The van der Waals surface area contributed by atoms with E-state index in [9.17, 15) is 9.59 Å². The first kappa shape index (κ1) is 19.2. The summed E-state index contributed by atoms with van der Waals surface area (Å²) in [6.45, 7) is 3.93. The zero-order chi connectivity index (χ0) is 20.6. The topological polar surface area (TPSA) is 58.6 Å². The molecule has 0 aliphatic carbocycles. The number of β-lactam (4-membered cyclic amide) rings is 1. The van der Waals surface area contributed by atoms with Crippen LogP contribution < -0.4 is 15.0 Å². The monoisotopic (exact) mass is 406 g/mol. The number of hydrogen-bond acceptors (Lipinski definition) is 4. The van der Waals surface area contributed by atoms with Crippen molar-refractivity contribution in [1.29, 1.82) is 0 Å². The molecule has 1 N–H and O–H groups in total. The van der Waals surface area contributed by atoms with Crippen LogP contribution in [-0.4, -0.2) is 18.9 Å². The number of methoxy groups -OCH3 is 1. The standard InChI is InChI=1S/C23H22N2O3S/c1-15-6-4-7-16(2)21(15)24-22(27)23(19-8-5-13-29-19)14-20(26)25(23)17-9-11-18(28-3)12-10-17/h4-13H,14H2,1-3H3,(H,24,27). The van der Waals surface area contributed by atoms with Crippen molar-refractivity contribution < 1.29 is 14.3 Å². The van der Waals surface area contributed by atoms with Crippen molar-refractivity contribution in [2.45, 2.75) is 25.8 Å². The summed E-state index contributed by atoms with van der Waals surface area (Å²) in [5.74, 6) is 0.413. The first-order valence-corrected chi connectivity index (χ1v) is 10.2. The Morgan fingerprint density at radius 3 is 2.31 bits per heavy atom. The second-order valence-electron chi connectivity index (χ2n) is 7.16. The number of nitrogens with one attached hydrogen (secondary N) is 1. The van der Waals surface area contributed by atoms with Gasteiger partial charge in [0.15, 0.2) is 5.54 Å². The molecule has 0 spiro atoms. The molecule has 2 aromatic carbocycles. The predicted molar refractivity (Wildman–Crippen MR) is 116 cm³/mol. The number of hydrogen-bond donors (Lipinski definition) is 1. The number of amides is 2. The minimum absolute atomic E-state index is 0.0831. The van der Waals surface area contributed by atoms with Crippen LogP contribution in [-0.2, 0) is 15.1 Å². The number of benzene rings is 2. The van der Waals surface area contributed by atoms with E-state index in [1.54, 1.807) is 24.1 Å². The fourth-order valence-electron chi connectivity index (χ4n) is 3.83. The number of nitrogens with zero attached hydrogens (tertiary/aromatic N) is 1. The quantitative estimate of drug-likeness (QED) is 0.628. The molecular weight excluding hydrogens is 384 g/mol. The largest absolute Gasteiger partial charge is 0.497 e. The normalized spacial score (nSPS) is 18.3. The molecule has 5 nitrogen and oxygen atoms in total. The highest BCUT2D eigenvalue weighted by Gasteiger charge is 2.59. The summed E-state index contributed by atoms with van der Waals surface area (Å²) >= 11 is 1.48. The van der Waals surface area contributed by atoms with Gasteiger partial charge in [-0.3, -0.25) is 14.5 Å². The van der Waals surface area contributed by atoms with Gasteiger partial charge in [-0.1, -0.05) is 24.3 Å². The van der Waals surface area contributed by atoms with Crippen LogP contribution in [0, 0.1) is 13.8 Å². The molecule has 3 aromatic rings. The second-order valence-corrected chi connectivity index (χ2v) is 8.11. The minimum atomic E-state index is -1.06. The first-order valence-electron chi connectivity index (χ1n) is 9.36. The van der Waals surface area contributed by atoms with Crippen molar-refractivity contribution in [3.8, 4) is 5.75 Å². The van der Waals surface area contributed by atoms with Crippen molar-refractivity contribution in [3.05, 3.63) is 76.0 Å². The summed E-state index contributed by atoms with van der Waals surface area (Å²) in [5, 5.41) is 5.03. The molecule has 29 heavy (non-hydrogen) atoms. The van der Waals surface area contributed by atoms with Gasteiger partial charge in [0.1, 0.15) is 5.75 Å². The lowest BCUT2D eigenvalue weighted by Gasteiger charge is -2.50. The molecule has 0 saturated carbocycles.